The Bertz CT molecular complexity index is 245. The Balaban J connectivity index is 2.15. The van der Waals surface area contributed by atoms with Crippen molar-refractivity contribution in [1.82, 2.24) is 10.6 Å². The topological polar surface area (TPSA) is 61.4 Å². The van der Waals surface area contributed by atoms with Crippen LogP contribution >= 0.6 is 0 Å². The van der Waals surface area contributed by atoms with Gasteiger partial charge in [-0.25, -0.2) is 0 Å². The van der Waals surface area contributed by atoms with Crippen LogP contribution in [-0.2, 0) is 4.79 Å². The zero-order valence-corrected chi connectivity index (χ0v) is 8.68. The van der Waals surface area contributed by atoms with Gasteiger partial charge >= 0.3 is 6.18 Å². The first-order chi connectivity index (χ1) is 7.38. The molecular formula is C9H15F3N2O2. The summed E-state index contributed by atoms with van der Waals surface area (Å²) in [5.41, 5.74) is 0. The Morgan fingerprint density at radius 2 is 2.12 bits per heavy atom. The van der Waals surface area contributed by atoms with Gasteiger partial charge in [-0.05, 0) is 0 Å². The zero-order valence-electron chi connectivity index (χ0n) is 8.68. The summed E-state index contributed by atoms with van der Waals surface area (Å²) in [6.45, 7) is 1.24. The van der Waals surface area contributed by atoms with Gasteiger partial charge in [0.1, 0.15) is 0 Å². The fourth-order valence-corrected chi connectivity index (χ4v) is 1.52. The third-order valence-corrected chi connectivity index (χ3v) is 2.50. The lowest BCUT2D eigenvalue weighted by molar-refractivity contribution is -0.144. The molecule has 1 aliphatic heterocycles. The molecule has 1 aliphatic rings. The monoisotopic (exact) mass is 240 g/mol. The Kier molecular flexibility index (Phi) is 4.55. The molecule has 0 aromatic heterocycles. The second-order valence-corrected chi connectivity index (χ2v) is 3.90. The minimum atomic E-state index is -4.30. The number of hydrogen-bond donors (Lipinski definition) is 3. The minimum absolute atomic E-state index is 0.116. The predicted molar refractivity (Wildman–Crippen MR) is 50.7 cm³/mol. The summed E-state index contributed by atoms with van der Waals surface area (Å²) in [4.78, 5) is 11.0. The van der Waals surface area contributed by atoms with E-state index >= 15 is 0 Å². The molecule has 1 heterocycles. The number of aliphatic hydroxyl groups excluding tert-OH is 1. The normalized spacial score (nSPS) is 25.8. The molecule has 2 atom stereocenters. The highest BCUT2D eigenvalue weighted by molar-refractivity contribution is 5.75. The van der Waals surface area contributed by atoms with E-state index in [1.54, 1.807) is 0 Å². The van der Waals surface area contributed by atoms with Crippen molar-refractivity contribution in [2.45, 2.75) is 25.1 Å². The summed E-state index contributed by atoms with van der Waals surface area (Å²) < 4.78 is 35.4. The number of nitrogens with one attached hydrogen (secondary N) is 2. The zero-order chi connectivity index (χ0) is 12.2. The molecule has 0 aliphatic carbocycles. The van der Waals surface area contributed by atoms with Crippen LogP contribution in [-0.4, -0.2) is 42.9 Å². The summed E-state index contributed by atoms with van der Waals surface area (Å²) >= 11 is 0. The van der Waals surface area contributed by atoms with Gasteiger partial charge in [-0.3, -0.25) is 4.79 Å². The highest BCUT2D eigenvalue weighted by Gasteiger charge is 2.29. The average Bonchev–Trinajstić information content (AvgIpc) is 2.57. The van der Waals surface area contributed by atoms with Crippen molar-refractivity contribution in [3.05, 3.63) is 0 Å². The maximum Gasteiger partial charge on any atom is 0.389 e. The molecule has 0 saturated carbocycles. The van der Waals surface area contributed by atoms with E-state index in [1.165, 1.54) is 0 Å². The Morgan fingerprint density at radius 1 is 1.44 bits per heavy atom. The van der Waals surface area contributed by atoms with Gasteiger partial charge in [0.15, 0.2) is 0 Å². The lowest BCUT2D eigenvalue weighted by Crippen LogP contribution is -2.34. The molecule has 1 fully saturated rings. The van der Waals surface area contributed by atoms with Crippen LogP contribution in [0.15, 0.2) is 0 Å². The van der Waals surface area contributed by atoms with E-state index in [4.69, 9.17) is 0 Å². The maximum absolute atomic E-state index is 11.8. The van der Waals surface area contributed by atoms with E-state index in [0.717, 1.165) is 0 Å². The smallest absolute Gasteiger partial charge is 0.389 e. The molecule has 3 N–H and O–H groups in total. The molecule has 0 bridgehead atoms. The maximum atomic E-state index is 11.8. The van der Waals surface area contributed by atoms with Crippen molar-refractivity contribution >= 4 is 5.91 Å². The molecule has 0 aromatic rings. The van der Waals surface area contributed by atoms with Crippen LogP contribution in [0.4, 0.5) is 13.2 Å². The van der Waals surface area contributed by atoms with E-state index in [0.29, 0.717) is 13.1 Å². The van der Waals surface area contributed by atoms with Crippen LogP contribution in [0.5, 0.6) is 0 Å². The number of hydrogen-bond acceptors (Lipinski definition) is 3. The number of rotatable bonds is 4. The molecular weight excluding hydrogens is 225 g/mol. The number of halogens is 3. The van der Waals surface area contributed by atoms with E-state index in [-0.39, 0.29) is 12.5 Å². The number of β-amino-alcohol motifs (C(OH)–C–C–N with tert-alkyl or cyclic N) is 1. The summed E-state index contributed by atoms with van der Waals surface area (Å²) in [6.07, 6.45) is -6.50. The van der Waals surface area contributed by atoms with Crippen molar-refractivity contribution < 1.29 is 23.1 Å². The number of amides is 1. The van der Waals surface area contributed by atoms with Gasteiger partial charge in [0.25, 0.3) is 0 Å². The van der Waals surface area contributed by atoms with E-state index in [2.05, 4.69) is 10.6 Å². The second kappa shape index (κ2) is 5.49. The first-order valence-electron chi connectivity index (χ1n) is 5.11. The molecule has 0 spiro atoms. The number of carbonyl (C=O) groups excluding carboxylic acids is 1. The third kappa shape index (κ3) is 4.80. The first-order valence-corrected chi connectivity index (χ1v) is 5.11. The van der Waals surface area contributed by atoms with Crippen LogP contribution in [0.1, 0.15) is 12.8 Å². The van der Waals surface area contributed by atoms with E-state index in [1.807, 2.05) is 0 Å². The van der Waals surface area contributed by atoms with Crippen LogP contribution in [0.3, 0.4) is 0 Å². The standard InChI is InChI=1S/C9H15F3N2O2/c10-9(11,12)2-1-8(16)14-4-6-3-13-5-7(6)15/h6-7,13,15H,1-5H2,(H,14,16). The van der Waals surface area contributed by atoms with Gasteiger partial charge in [-0.2, -0.15) is 13.2 Å². The summed E-state index contributed by atoms with van der Waals surface area (Å²) in [5.74, 6) is -0.744. The highest BCUT2D eigenvalue weighted by atomic mass is 19.4. The molecule has 1 amide bonds. The molecule has 7 heteroatoms. The lowest BCUT2D eigenvalue weighted by atomic mass is 10.1. The Morgan fingerprint density at radius 3 is 2.62 bits per heavy atom. The molecule has 4 nitrogen and oxygen atoms in total. The Hall–Kier alpha value is -0.820. The van der Waals surface area contributed by atoms with E-state index < -0.39 is 31.0 Å². The number of aliphatic hydroxyl groups is 1. The Labute approximate surface area is 91.2 Å². The van der Waals surface area contributed by atoms with Gasteiger partial charge in [-0.1, -0.05) is 0 Å². The van der Waals surface area contributed by atoms with Gasteiger partial charge in [0.2, 0.25) is 5.91 Å². The summed E-state index contributed by atoms with van der Waals surface area (Å²) in [7, 11) is 0. The lowest BCUT2D eigenvalue weighted by Gasteiger charge is -2.14. The molecule has 1 rings (SSSR count). The predicted octanol–water partition coefficient (Wildman–Crippen LogP) is 0.0254. The molecule has 0 radical (unpaired) electrons. The summed E-state index contributed by atoms with van der Waals surface area (Å²) in [6, 6.07) is 0. The largest absolute Gasteiger partial charge is 0.391 e. The quantitative estimate of drug-likeness (QED) is 0.649. The SMILES string of the molecule is O=C(CCC(F)(F)F)NCC1CNCC1O. The average molecular weight is 240 g/mol. The molecule has 2 unspecified atom stereocenters. The number of carbonyl (C=O) groups is 1. The van der Waals surface area contributed by atoms with Gasteiger partial charge in [0, 0.05) is 32.0 Å². The van der Waals surface area contributed by atoms with Gasteiger partial charge < -0.3 is 15.7 Å². The van der Waals surface area contributed by atoms with Crippen molar-refractivity contribution in [3.8, 4) is 0 Å². The van der Waals surface area contributed by atoms with Crippen LogP contribution in [0.2, 0.25) is 0 Å². The molecule has 1 saturated heterocycles. The van der Waals surface area contributed by atoms with E-state index in [9.17, 15) is 23.1 Å². The first kappa shape index (κ1) is 13.2. The van der Waals surface area contributed by atoms with Crippen LogP contribution < -0.4 is 10.6 Å². The molecule has 94 valence electrons. The minimum Gasteiger partial charge on any atom is -0.391 e. The summed E-state index contributed by atoms with van der Waals surface area (Å²) in [5, 5.41) is 14.7. The fourth-order valence-electron chi connectivity index (χ4n) is 1.52. The van der Waals surface area contributed by atoms with Crippen molar-refractivity contribution in [2.75, 3.05) is 19.6 Å². The van der Waals surface area contributed by atoms with Crippen molar-refractivity contribution in [2.24, 2.45) is 5.92 Å². The van der Waals surface area contributed by atoms with Crippen LogP contribution in [0.25, 0.3) is 0 Å². The van der Waals surface area contributed by atoms with Gasteiger partial charge in [0.05, 0.1) is 12.5 Å². The highest BCUT2D eigenvalue weighted by Crippen LogP contribution is 2.21. The fraction of sp³-hybridized carbons (Fsp3) is 0.889. The van der Waals surface area contributed by atoms with Crippen LogP contribution in [0, 0.1) is 5.92 Å². The molecule has 16 heavy (non-hydrogen) atoms. The van der Waals surface area contributed by atoms with Crippen molar-refractivity contribution in [1.29, 1.82) is 0 Å². The van der Waals surface area contributed by atoms with Gasteiger partial charge in [-0.15, -0.1) is 0 Å². The number of alkyl halides is 3. The third-order valence-electron chi connectivity index (χ3n) is 2.50. The molecule has 0 aromatic carbocycles. The second-order valence-electron chi connectivity index (χ2n) is 3.90. The van der Waals surface area contributed by atoms with Crippen molar-refractivity contribution in [3.63, 3.8) is 0 Å².